The van der Waals surface area contributed by atoms with E-state index in [2.05, 4.69) is 90.2 Å². The number of hydrogen-bond donors (Lipinski definition) is 3. The van der Waals surface area contributed by atoms with Crippen molar-refractivity contribution in [3.05, 3.63) is 131 Å². The number of likely N-dealkylation sites (N-methyl/N-ethyl adjacent to an activating group) is 1. The molecule has 2 amide bonds. The molecule has 1 fully saturated rings. The highest BCUT2D eigenvalue weighted by Crippen LogP contribution is 2.42. The van der Waals surface area contributed by atoms with Crippen LogP contribution in [0, 0.1) is 5.92 Å². The molecule has 50 heavy (non-hydrogen) atoms. The second-order valence-corrected chi connectivity index (χ2v) is 13.4. The summed E-state index contributed by atoms with van der Waals surface area (Å²) in [4.78, 5) is 25.9. The van der Waals surface area contributed by atoms with Crippen molar-refractivity contribution in [2.45, 2.75) is 77.7 Å². The lowest BCUT2D eigenvalue weighted by Gasteiger charge is -2.42. The van der Waals surface area contributed by atoms with Gasteiger partial charge in [-0.15, -0.1) is 0 Å². The maximum Gasteiger partial charge on any atom is 0.220 e. The number of rotatable bonds is 16. The van der Waals surface area contributed by atoms with Crippen LogP contribution in [0.4, 0.5) is 0 Å². The van der Waals surface area contributed by atoms with Crippen LogP contribution in [-0.4, -0.2) is 48.1 Å². The van der Waals surface area contributed by atoms with E-state index in [0.29, 0.717) is 19.5 Å². The van der Waals surface area contributed by atoms with E-state index in [4.69, 9.17) is 9.47 Å². The van der Waals surface area contributed by atoms with Crippen LogP contribution in [0.1, 0.15) is 79.7 Å². The Morgan fingerprint density at radius 1 is 0.780 bits per heavy atom. The minimum Gasteiger partial charge on any atom is -0.392 e. The molecule has 0 bridgehead atoms. The number of nitrogens with one attached hydrogen (secondary N) is 2. The van der Waals surface area contributed by atoms with Crippen molar-refractivity contribution in [1.29, 1.82) is 0 Å². The van der Waals surface area contributed by atoms with Gasteiger partial charge in [-0.05, 0) is 53.3 Å². The van der Waals surface area contributed by atoms with Crippen molar-refractivity contribution < 1.29 is 24.2 Å². The zero-order chi connectivity index (χ0) is 35.3. The third-order valence-electron chi connectivity index (χ3n) is 9.35. The molecule has 0 saturated carbocycles. The number of carbonyl (C=O) groups is 2. The number of nitrogens with zero attached hydrogens (tertiary/aromatic N) is 1. The van der Waals surface area contributed by atoms with E-state index in [1.54, 1.807) is 0 Å². The topological polar surface area (TPSA) is 100 Å². The summed E-state index contributed by atoms with van der Waals surface area (Å²) in [5.74, 6) is 0.0953. The maximum atomic E-state index is 12.6. The van der Waals surface area contributed by atoms with Gasteiger partial charge in [-0.25, -0.2) is 0 Å². The lowest BCUT2D eigenvalue weighted by Crippen LogP contribution is -2.43. The minimum absolute atomic E-state index is 0.00394. The van der Waals surface area contributed by atoms with E-state index >= 15 is 0 Å². The van der Waals surface area contributed by atoms with E-state index in [1.165, 1.54) is 12.5 Å². The molecule has 4 unspecified atom stereocenters. The van der Waals surface area contributed by atoms with Crippen molar-refractivity contribution in [2.75, 3.05) is 20.1 Å². The number of hydrogen-bond acceptors (Lipinski definition) is 6. The summed E-state index contributed by atoms with van der Waals surface area (Å²) >= 11 is 0. The summed E-state index contributed by atoms with van der Waals surface area (Å²) in [7, 11) is 2.13. The Hall–Kier alpha value is -4.34. The van der Waals surface area contributed by atoms with Crippen LogP contribution in [0.2, 0.25) is 0 Å². The van der Waals surface area contributed by atoms with Gasteiger partial charge in [-0.3, -0.25) is 14.5 Å². The van der Waals surface area contributed by atoms with E-state index in [9.17, 15) is 14.7 Å². The molecule has 4 atom stereocenters. The minimum atomic E-state index is -0.550. The van der Waals surface area contributed by atoms with E-state index in [-0.39, 0.29) is 36.5 Å². The van der Waals surface area contributed by atoms with Gasteiger partial charge in [0.05, 0.1) is 18.8 Å². The molecule has 0 radical (unpaired) electrons. The summed E-state index contributed by atoms with van der Waals surface area (Å²) in [6.07, 6.45) is 2.21. The molecule has 8 heteroatoms. The van der Waals surface area contributed by atoms with Gasteiger partial charge in [0.15, 0.2) is 6.29 Å². The van der Waals surface area contributed by atoms with Gasteiger partial charge in [0.25, 0.3) is 0 Å². The number of carbonyl (C=O) groups excluding carboxylic acids is 2. The first kappa shape index (κ1) is 36.9. The Morgan fingerprint density at radius 3 is 2.20 bits per heavy atom. The van der Waals surface area contributed by atoms with Crippen LogP contribution in [0.15, 0.2) is 103 Å². The Labute approximate surface area is 296 Å². The Kier molecular flexibility index (Phi) is 13.7. The molecule has 264 valence electrons. The fraction of sp³-hybridized carbons (Fsp3) is 0.381. The predicted octanol–water partition coefficient (Wildman–Crippen LogP) is 7.08. The largest absolute Gasteiger partial charge is 0.392 e. The lowest BCUT2D eigenvalue weighted by molar-refractivity contribution is -0.276. The van der Waals surface area contributed by atoms with Gasteiger partial charge in [0.2, 0.25) is 11.8 Å². The Bertz CT molecular complexity index is 1640. The van der Waals surface area contributed by atoms with Crippen LogP contribution in [0.3, 0.4) is 0 Å². The standard InChI is InChI=1S/C42H51N3O5/c1-30-39(28-45(3)27-32-12-6-4-7-13-32)49-42(50-41(30)35-19-17-33(29-46)18-20-35)36-23-21-34(22-24-36)38-15-10-9-14-37(38)26-44-40(48)16-8-5-11-25-43-31(2)47/h4,6-7,9-10,12-15,17-24,30,39,41-42,46H,5,8,11,16,25-29H2,1-3H3,(H,43,47)(H,44,48). The molecule has 1 saturated heterocycles. The van der Waals surface area contributed by atoms with Crippen molar-refractivity contribution in [2.24, 2.45) is 5.92 Å². The van der Waals surface area contributed by atoms with Gasteiger partial charge < -0.3 is 25.2 Å². The molecule has 1 heterocycles. The normalized spacial score (nSPS) is 18.9. The van der Waals surface area contributed by atoms with Crippen LogP contribution in [0.5, 0.6) is 0 Å². The first-order valence-corrected chi connectivity index (χ1v) is 17.7. The third-order valence-corrected chi connectivity index (χ3v) is 9.35. The SMILES string of the molecule is CC(=O)NCCCCCC(=O)NCc1ccccc1-c1ccc(C2OC(CN(C)Cc3ccccc3)C(C)C(c3ccc(CO)cc3)O2)cc1. The molecule has 5 rings (SSSR count). The first-order chi connectivity index (χ1) is 24.3. The molecule has 1 aliphatic heterocycles. The predicted molar refractivity (Wildman–Crippen MR) is 197 cm³/mol. The lowest BCUT2D eigenvalue weighted by atomic mass is 9.90. The molecule has 1 aliphatic rings. The van der Waals surface area contributed by atoms with Crippen molar-refractivity contribution >= 4 is 11.8 Å². The van der Waals surface area contributed by atoms with Crippen molar-refractivity contribution in [3.63, 3.8) is 0 Å². The molecular formula is C42H51N3O5. The first-order valence-electron chi connectivity index (χ1n) is 17.7. The Balaban J connectivity index is 1.26. The molecule has 4 aromatic rings. The van der Waals surface area contributed by atoms with Crippen LogP contribution in [-0.2, 0) is 38.8 Å². The zero-order valence-corrected chi connectivity index (χ0v) is 29.5. The highest BCUT2D eigenvalue weighted by Gasteiger charge is 2.38. The van der Waals surface area contributed by atoms with E-state index < -0.39 is 6.29 Å². The Morgan fingerprint density at radius 2 is 1.48 bits per heavy atom. The van der Waals surface area contributed by atoms with Gasteiger partial charge in [-0.1, -0.05) is 116 Å². The summed E-state index contributed by atoms with van der Waals surface area (Å²) in [6, 6.07) is 35.0. The fourth-order valence-corrected chi connectivity index (χ4v) is 6.50. The summed E-state index contributed by atoms with van der Waals surface area (Å²) in [5.41, 5.74) is 7.30. The van der Waals surface area contributed by atoms with Crippen molar-refractivity contribution in [1.82, 2.24) is 15.5 Å². The second kappa shape index (κ2) is 18.6. The number of unbranched alkanes of at least 4 members (excludes halogenated alkanes) is 2. The highest BCUT2D eigenvalue weighted by molar-refractivity contribution is 5.76. The van der Waals surface area contributed by atoms with Crippen LogP contribution >= 0.6 is 0 Å². The third kappa shape index (κ3) is 10.6. The monoisotopic (exact) mass is 677 g/mol. The maximum absolute atomic E-state index is 12.6. The average Bonchev–Trinajstić information content (AvgIpc) is 3.13. The average molecular weight is 678 g/mol. The molecule has 3 N–H and O–H groups in total. The number of amides is 2. The number of aliphatic hydroxyl groups is 1. The number of aliphatic hydroxyl groups excluding tert-OH is 1. The second-order valence-electron chi connectivity index (χ2n) is 13.4. The zero-order valence-electron chi connectivity index (χ0n) is 29.5. The van der Waals surface area contributed by atoms with E-state index in [0.717, 1.165) is 65.7 Å². The van der Waals surface area contributed by atoms with Gasteiger partial charge >= 0.3 is 0 Å². The molecule has 0 spiro atoms. The van der Waals surface area contributed by atoms with E-state index in [1.807, 2.05) is 42.5 Å². The summed E-state index contributed by atoms with van der Waals surface area (Å²) in [6.45, 7) is 6.37. The molecule has 0 aliphatic carbocycles. The van der Waals surface area contributed by atoms with Gasteiger partial charge in [-0.2, -0.15) is 0 Å². The van der Waals surface area contributed by atoms with Crippen molar-refractivity contribution in [3.8, 4) is 11.1 Å². The summed E-state index contributed by atoms with van der Waals surface area (Å²) < 4.78 is 13.4. The fourth-order valence-electron chi connectivity index (χ4n) is 6.50. The van der Waals surface area contributed by atoms with Crippen LogP contribution in [0.25, 0.3) is 11.1 Å². The highest BCUT2D eigenvalue weighted by atomic mass is 16.7. The quantitative estimate of drug-likeness (QED) is 0.110. The molecular weight excluding hydrogens is 626 g/mol. The summed E-state index contributed by atoms with van der Waals surface area (Å²) in [5, 5.41) is 15.5. The number of ether oxygens (including phenoxy) is 2. The molecule has 0 aromatic heterocycles. The van der Waals surface area contributed by atoms with Gasteiger partial charge in [0.1, 0.15) is 0 Å². The van der Waals surface area contributed by atoms with Gasteiger partial charge in [0, 0.05) is 51.0 Å². The smallest absolute Gasteiger partial charge is 0.220 e. The number of benzene rings is 4. The molecule has 8 nitrogen and oxygen atoms in total. The molecule has 4 aromatic carbocycles. The van der Waals surface area contributed by atoms with Crippen LogP contribution < -0.4 is 10.6 Å².